The highest BCUT2D eigenvalue weighted by Gasteiger charge is 2.18. The molecule has 3 aromatic rings. The Hall–Kier alpha value is -2.86. The first-order chi connectivity index (χ1) is 13.4. The minimum atomic E-state index is -0.128. The van der Waals surface area contributed by atoms with Crippen molar-refractivity contribution in [2.45, 2.75) is 33.7 Å². The van der Waals surface area contributed by atoms with Gasteiger partial charge in [-0.15, -0.1) is 11.3 Å². The van der Waals surface area contributed by atoms with Crippen molar-refractivity contribution in [3.63, 3.8) is 0 Å². The van der Waals surface area contributed by atoms with E-state index in [2.05, 4.69) is 61.2 Å². The van der Waals surface area contributed by atoms with Gasteiger partial charge in [-0.3, -0.25) is 4.79 Å². The number of aromatic nitrogens is 1. The molecule has 0 radical (unpaired) electrons. The van der Waals surface area contributed by atoms with Crippen LogP contribution in [0.3, 0.4) is 0 Å². The SMILES string of the molecule is Cc1ccc(N=c2scc(-c3ccc4c(c3)NC(=O)CO4)n2C(C)C)cc1C. The van der Waals surface area contributed by atoms with E-state index in [9.17, 15) is 4.79 Å². The predicted molar refractivity (Wildman–Crippen MR) is 113 cm³/mol. The summed E-state index contributed by atoms with van der Waals surface area (Å²) in [5.41, 5.74) is 6.27. The summed E-state index contributed by atoms with van der Waals surface area (Å²) in [4.78, 5) is 17.5. The van der Waals surface area contributed by atoms with Crippen LogP contribution in [0.4, 0.5) is 11.4 Å². The topological polar surface area (TPSA) is 55.6 Å². The van der Waals surface area contributed by atoms with Crippen LogP contribution in [0.2, 0.25) is 0 Å². The Kier molecular flexibility index (Phi) is 4.81. The van der Waals surface area contributed by atoms with Crippen molar-refractivity contribution in [1.82, 2.24) is 4.57 Å². The number of ether oxygens (including phenoxy) is 1. The number of fused-ring (bicyclic) bond motifs is 1. The molecule has 2 heterocycles. The maximum Gasteiger partial charge on any atom is 0.262 e. The van der Waals surface area contributed by atoms with Crippen molar-refractivity contribution in [3.8, 4) is 17.0 Å². The van der Waals surface area contributed by atoms with Crippen LogP contribution in [0.15, 0.2) is 46.8 Å². The quantitative estimate of drug-likeness (QED) is 0.682. The van der Waals surface area contributed by atoms with Gasteiger partial charge in [-0.25, -0.2) is 4.99 Å². The van der Waals surface area contributed by atoms with Gasteiger partial charge in [0, 0.05) is 17.0 Å². The summed E-state index contributed by atoms with van der Waals surface area (Å²) in [5, 5.41) is 5.00. The molecule has 1 aromatic heterocycles. The standard InChI is InChI=1S/C22H23N3O2S/c1-13(2)25-19(16-6-8-20-18(10-16)24-21(26)11-27-20)12-28-22(25)23-17-7-5-14(3)15(4)9-17/h5-10,12-13H,11H2,1-4H3,(H,24,26). The molecule has 1 aliphatic heterocycles. The average molecular weight is 394 g/mol. The fraction of sp³-hybridized carbons (Fsp3) is 0.273. The van der Waals surface area contributed by atoms with E-state index in [0.29, 0.717) is 11.4 Å². The fourth-order valence-corrected chi connectivity index (χ4v) is 4.31. The largest absolute Gasteiger partial charge is 0.482 e. The molecule has 0 atom stereocenters. The maximum absolute atomic E-state index is 11.7. The first kappa shape index (κ1) is 18.5. The van der Waals surface area contributed by atoms with Crippen molar-refractivity contribution < 1.29 is 9.53 Å². The van der Waals surface area contributed by atoms with Gasteiger partial charge in [0.1, 0.15) is 5.75 Å². The van der Waals surface area contributed by atoms with E-state index >= 15 is 0 Å². The highest BCUT2D eigenvalue weighted by Crippen LogP contribution is 2.33. The summed E-state index contributed by atoms with van der Waals surface area (Å²) in [7, 11) is 0. The lowest BCUT2D eigenvalue weighted by Gasteiger charge is -2.19. The van der Waals surface area contributed by atoms with Crippen molar-refractivity contribution in [3.05, 3.63) is 57.7 Å². The third-order valence-electron chi connectivity index (χ3n) is 4.88. The third kappa shape index (κ3) is 3.47. The molecule has 0 fully saturated rings. The van der Waals surface area contributed by atoms with Gasteiger partial charge in [-0.1, -0.05) is 6.07 Å². The van der Waals surface area contributed by atoms with Gasteiger partial charge in [0.25, 0.3) is 5.91 Å². The van der Waals surface area contributed by atoms with Crippen LogP contribution >= 0.6 is 11.3 Å². The van der Waals surface area contributed by atoms with Crippen LogP contribution in [-0.2, 0) is 4.79 Å². The lowest BCUT2D eigenvalue weighted by atomic mass is 10.1. The number of rotatable bonds is 3. The smallest absolute Gasteiger partial charge is 0.262 e. The second-order valence-corrected chi connectivity index (χ2v) is 8.13. The molecule has 1 aliphatic rings. The molecule has 2 aromatic carbocycles. The van der Waals surface area contributed by atoms with Crippen molar-refractivity contribution in [1.29, 1.82) is 0 Å². The van der Waals surface area contributed by atoms with Gasteiger partial charge in [-0.05, 0) is 69.2 Å². The number of thiazole rings is 1. The molecule has 1 amide bonds. The Morgan fingerprint density at radius 1 is 1.14 bits per heavy atom. The number of nitrogens with one attached hydrogen (secondary N) is 1. The summed E-state index contributed by atoms with van der Waals surface area (Å²) in [5.74, 6) is 0.576. The number of amides is 1. The van der Waals surface area contributed by atoms with E-state index in [0.717, 1.165) is 21.7 Å². The number of carbonyl (C=O) groups excluding carboxylic acids is 1. The molecule has 0 bridgehead atoms. The normalized spacial score (nSPS) is 14.0. The zero-order valence-corrected chi connectivity index (χ0v) is 17.3. The monoisotopic (exact) mass is 393 g/mol. The highest BCUT2D eigenvalue weighted by atomic mass is 32.1. The highest BCUT2D eigenvalue weighted by molar-refractivity contribution is 7.07. The number of nitrogens with zero attached hydrogens (tertiary/aromatic N) is 2. The molecule has 0 aliphatic carbocycles. The van der Waals surface area contributed by atoms with Crippen LogP contribution in [0.1, 0.15) is 31.0 Å². The molecule has 0 saturated heterocycles. The molecule has 28 heavy (non-hydrogen) atoms. The summed E-state index contributed by atoms with van der Waals surface area (Å²) in [6, 6.07) is 12.4. The Morgan fingerprint density at radius 3 is 2.71 bits per heavy atom. The molecule has 1 N–H and O–H groups in total. The number of anilines is 1. The van der Waals surface area contributed by atoms with Crippen LogP contribution < -0.4 is 14.9 Å². The van der Waals surface area contributed by atoms with Gasteiger partial charge in [0.2, 0.25) is 0 Å². The lowest BCUT2D eigenvalue weighted by molar-refractivity contribution is -0.118. The predicted octanol–water partition coefficient (Wildman–Crippen LogP) is 4.98. The molecule has 0 unspecified atom stereocenters. The van der Waals surface area contributed by atoms with Crippen molar-refractivity contribution >= 4 is 28.6 Å². The minimum absolute atomic E-state index is 0.0653. The second kappa shape index (κ2) is 7.28. The molecule has 4 rings (SSSR count). The van der Waals surface area contributed by atoms with E-state index in [1.165, 1.54) is 11.1 Å². The maximum atomic E-state index is 11.7. The van der Waals surface area contributed by atoms with E-state index in [-0.39, 0.29) is 18.6 Å². The van der Waals surface area contributed by atoms with Gasteiger partial charge in [0.05, 0.1) is 17.1 Å². The number of carbonyl (C=O) groups is 1. The Balaban J connectivity index is 1.81. The molecule has 0 saturated carbocycles. The van der Waals surface area contributed by atoms with Crippen LogP contribution in [-0.4, -0.2) is 17.1 Å². The van der Waals surface area contributed by atoms with Crippen molar-refractivity contribution in [2.75, 3.05) is 11.9 Å². The summed E-state index contributed by atoms with van der Waals surface area (Å²) >= 11 is 1.62. The summed E-state index contributed by atoms with van der Waals surface area (Å²) in [6.07, 6.45) is 0. The van der Waals surface area contributed by atoms with Crippen molar-refractivity contribution in [2.24, 2.45) is 4.99 Å². The van der Waals surface area contributed by atoms with Crippen LogP contribution in [0, 0.1) is 13.8 Å². The third-order valence-corrected chi connectivity index (χ3v) is 5.72. The number of benzene rings is 2. The van der Waals surface area contributed by atoms with E-state index in [1.807, 2.05) is 18.2 Å². The van der Waals surface area contributed by atoms with E-state index < -0.39 is 0 Å². The van der Waals surface area contributed by atoms with E-state index in [1.54, 1.807) is 11.3 Å². The Labute approximate surface area is 168 Å². The van der Waals surface area contributed by atoms with Gasteiger partial charge in [-0.2, -0.15) is 0 Å². The first-order valence-corrected chi connectivity index (χ1v) is 10.2. The lowest BCUT2D eigenvalue weighted by Crippen LogP contribution is -2.25. The molecular formula is C22H23N3O2S. The molecule has 6 heteroatoms. The average Bonchev–Trinajstić information content (AvgIpc) is 3.08. The van der Waals surface area contributed by atoms with Gasteiger partial charge >= 0.3 is 0 Å². The zero-order valence-electron chi connectivity index (χ0n) is 16.4. The van der Waals surface area contributed by atoms with Crippen LogP contribution in [0.5, 0.6) is 5.75 Å². The Morgan fingerprint density at radius 2 is 1.96 bits per heavy atom. The second-order valence-electron chi connectivity index (χ2n) is 7.30. The molecular weight excluding hydrogens is 370 g/mol. The molecule has 0 spiro atoms. The summed E-state index contributed by atoms with van der Waals surface area (Å²) < 4.78 is 7.70. The first-order valence-electron chi connectivity index (χ1n) is 9.31. The summed E-state index contributed by atoms with van der Waals surface area (Å²) in [6.45, 7) is 8.58. The van der Waals surface area contributed by atoms with Gasteiger partial charge in [0.15, 0.2) is 11.4 Å². The minimum Gasteiger partial charge on any atom is -0.482 e. The van der Waals surface area contributed by atoms with Crippen LogP contribution in [0.25, 0.3) is 11.3 Å². The number of aryl methyl sites for hydroxylation is 2. The fourth-order valence-electron chi connectivity index (χ4n) is 3.26. The van der Waals surface area contributed by atoms with E-state index in [4.69, 9.17) is 9.73 Å². The zero-order chi connectivity index (χ0) is 19.8. The number of hydrogen-bond acceptors (Lipinski definition) is 4. The number of hydrogen-bond donors (Lipinski definition) is 1. The Bertz CT molecular complexity index is 1130. The van der Waals surface area contributed by atoms with Gasteiger partial charge < -0.3 is 14.6 Å². The molecule has 5 nitrogen and oxygen atoms in total. The molecule has 144 valence electrons.